The van der Waals surface area contributed by atoms with Crippen LogP contribution in [-0.4, -0.2) is 39.1 Å². The summed E-state index contributed by atoms with van der Waals surface area (Å²) in [6.07, 6.45) is -1.67. The van der Waals surface area contributed by atoms with Gasteiger partial charge in [-0.3, -0.25) is 4.79 Å². The Morgan fingerprint density at radius 3 is 2.87 bits per heavy atom. The smallest absolute Gasteiger partial charge is 0.504 e. The van der Waals surface area contributed by atoms with Crippen molar-refractivity contribution in [3.05, 3.63) is 39.8 Å². The van der Waals surface area contributed by atoms with Crippen LogP contribution in [0.1, 0.15) is 31.0 Å². The van der Waals surface area contributed by atoms with E-state index in [2.05, 4.69) is 25.7 Å². The quantitative estimate of drug-likeness (QED) is 0.485. The number of pyridine rings is 1. The largest absolute Gasteiger partial charge is 0.511 e. The average molecular weight is 413 g/mol. The number of H-pyrrole nitrogens is 1. The molecular weight excluding hydrogens is 390 g/mol. The van der Waals surface area contributed by atoms with Gasteiger partial charge in [-0.15, -0.1) is 0 Å². The van der Waals surface area contributed by atoms with E-state index in [4.69, 9.17) is 9.84 Å². The second-order valence-corrected chi connectivity index (χ2v) is 7.38. The number of hydrogen-bond donors (Lipinski definition) is 4. The van der Waals surface area contributed by atoms with Crippen molar-refractivity contribution < 1.29 is 24.5 Å². The number of carbonyl (C=O) groups is 1. The van der Waals surface area contributed by atoms with Crippen molar-refractivity contribution in [3.8, 4) is 28.5 Å². The predicted molar refractivity (Wildman–Crippen MR) is 111 cm³/mol. The SMILES string of the molecule is CCNCc1cc2cc3c(cc2n1C)OCC(C)c1c-3[nH]c(=O)c(OC(=O)O)c1O. The maximum Gasteiger partial charge on any atom is 0.511 e. The van der Waals surface area contributed by atoms with Crippen molar-refractivity contribution in [2.75, 3.05) is 13.2 Å². The molecule has 2 aromatic heterocycles. The lowest BCUT2D eigenvalue weighted by atomic mass is 9.95. The third-order valence-electron chi connectivity index (χ3n) is 5.42. The molecule has 0 spiro atoms. The molecule has 0 bridgehead atoms. The van der Waals surface area contributed by atoms with Crippen molar-refractivity contribution >= 4 is 17.1 Å². The molecule has 4 N–H and O–H groups in total. The number of nitrogens with zero attached hydrogens (tertiary/aromatic N) is 1. The van der Waals surface area contributed by atoms with Gasteiger partial charge in [-0.2, -0.15) is 0 Å². The summed E-state index contributed by atoms with van der Waals surface area (Å²) in [5.41, 5.74) is 2.66. The van der Waals surface area contributed by atoms with E-state index < -0.39 is 23.2 Å². The number of ether oxygens (including phenoxy) is 2. The number of rotatable bonds is 4. The summed E-state index contributed by atoms with van der Waals surface area (Å²) >= 11 is 0. The molecule has 0 fully saturated rings. The Morgan fingerprint density at radius 2 is 2.17 bits per heavy atom. The Bertz CT molecular complexity index is 1210. The number of benzene rings is 1. The van der Waals surface area contributed by atoms with Gasteiger partial charge in [0.25, 0.3) is 5.56 Å². The molecular formula is C21H23N3O6. The van der Waals surface area contributed by atoms with Gasteiger partial charge in [0, 0.05) is 47.8 Å². The first kappa shape index (κ1) is 19.8. The van der Waals surface area contributed by atoms with Crippen LogP contribution >= 0.6 is 0 Å². The fraction of sp³-hybridized carbons (Fsp3) is 0.333. The van der Waals surface area contributed by atoms with E-state index in [-0.39, 0.29) is 12.5 Å². The molecule has 0 amide bonds. The topological polar surface area (TPSA) is 126 Å². The third kappa shape index (κ3) is 3.17. The van der Waals surface area contributed by atoms with Crippen LogP contribution in [-0.2, 0) is 13.6 Å². The first-order valence-electron chi connectivity index (χ1n) is 9.68. The molecule has 4 rings (SSSR count). The summed E-state index contributed by atoms with van der Waals surface area (Å²) in [4.78, 5) is 26.1. The molecule has 0 saturated heterocycles. The van der Waals surface area contributed by atoms with Crippen molar-refractivity contribution in [1.29, 1.82) is 0 Å². The van der Waals surface area contributed by atoms with Crippen molar-refractivity contribution in [1.82, 2.24) is 14.9 Å². The predicted octanol–water partition coefficient (Wildman–Crippen LogP) is 2.90. The third-order valence-corrected chi connectivity index (χ3v) is 5.42. The van der Waals surface area contributed by atoms with Crippen molar-refractivity contribution in [3.63, 3.8) is 0 Å². The molecule has 9 heteroatoms. The van der Waals surface area contributed by atoms with Crippen LogP contribution in [0.25, 0.3) is 22.2 Å². The molecule has 9 nitrogen and oxygen atoms in total. The van der Waals surface area contributed by atoms with Gasteiger partial charge in [0.05, 0.1) is 17.8 Å². The summed E-state index contributed by atoms with van der Waals surface area (Å²) in [6.45, 7) is 5.68. The van der Waals surface area contributed by atoms with E-state index in [1.165, 1.54) is 0 Å². The Kier molecular flexibility index (Phi) is 4.90. The minimum Gasteiger partial charge on any atom is -0.504 e. The maximum atomic E-state index is 12.5. The molecule has 3 aromatic rings. The Balaban J connectivity index is 1.94. The van der Waals surface area contributed by atoms with Gasteiger partial charge in [0.1, 0.15) is 5.75 Å². The monoisotopic (exact) mass is 413 g/mol. The molecule has 158 valence electrons. The fourth-order valence-electron chi connectivity index (χ4n) is 3.92. The number of nitrogens with one attached hydrogen (secondary N) is 2. The lowest BCUT2D eigenvalue weighted by Gasteiger charge is -2.15. The minimum absolute atomic E-state index is 0.242. The van der Waals surface area contributed by atoms with Crippen LogP contribution in [0.15, 0.2) is 23.0 Å². The van der Waals surface area contributed by atoms with Gasteiger partial charge in [-0.1, -0.05) is 13.8 Å². The Hall–Kier alpha value is -3.46. The zero-order valence-corrected chi connectivity index (χ0v) is 16.9. The van der Waals surface area contributed by atoms with E-state index in [0.29, 0.717) is 29.1 Å². The zero-order chi connectivity index (χ0) is 21.6. The minimum atomic E-state index is -1.67. The highest BCUT2D eigenvalue weighted by Gasteiger charge is 2.29. The summed E-state index contributed by atoms with van der Waals surface area (Å²) < 4.78 is 12.6. The second kappa shape index (κ2) is 7.42. The molecule has 0 saturated carbocycles. The van der Waals surface area contributed by atoms with Gasteiger partial charge >= 0.3 is 6.16 Å². The number of aryl methyl sites for hydroxylation is 1. The van der Waals surface area contributed by atoms with Crippen LogP contribution in [0.2, 0.25) is 0 Å². The van der Waals surface area contributed by atoms with Crippen LogP contribution in [0, 0.1) is 0 Å². The Morgan fingerprint density at radius 1 is 1.40 bits per heavy atom. The highest BCUT2D eigenvalue weighted by molar-refractivity contribution is 5.90. The molecule has 1 unspecified atom stereocenters. The number of fused-ring (bicyclic) bond motifs is 4. The Labute approximate surface area is 171 Å². The summed E-state index contributed by atoms with van der Waals surface area (Å²) in [5, 5.41) is 23.8. The molecule has 1 aliphatic rings. The van der Waals surface area contributed by atoms with Crippen LogP contribution in [0.3, 0.4) is 0 Å². The summed E-state index contributed by atoms with van der Waals surface area (Å²) in [7, 11) is 1.98. The number of aromatic amines is 1. The van der Waals surface area contributed by atoms with Crippen LogP contribution in [0.4, 0.5) is 4.79 Å². The first-order chi connectivity index (χ1) is 14.3. The molecule has 3 heterocycles. The van der Waals surface area contributed by atoms with Gasteiger partial charge in [0.15, 0.2) is 5.75 Å². The highest BCUT2D eigenvalue weighted by atomic mass is 16.7. The number of aromatic nitrogens is 2. The van der Waals surface area contributed by atoms with E-state index in [1.807, 2.05) is 33.0 Å². The standard InChI is InChI=1S/C21H23N3O6/c1-4-22-8-12-5-11-6-13-15(7-14(11)24(12)3)29-9-10(2)16-17(13)23-20(26)19(18(16)25)30-21(27)28/h5-7,10,22H,4,8-9H2,1-3H3,(H,27,28)(H2,23,25,26). The zero-order valence-electron chi connectivity index (χ0n) is 16.9. The lowest BCUT2D eigenvalue weighted by molar-refractivity contribution is 0.142. The van der Waals surface area contributed by atoms with Crippen molar-refractivity contribution in [2.45, 2.75) is 26.3 Å². The summed E-state index contributed by atoms with van der Waals surface area (Å²) in [6, 6.07) is 5.88. The number of aromatic hydroxyl groups is 1. The van der Waals surface area contributed by atoms with E-state index in [0.717, 1.165) is 23.1 Å². The van der Waals surface area contributed by atoms with Crippen molar-refractivity contribution in [2.24, 2.45) is 7.05 Å². The molecule has 1 aromatic carbocycles. The molecule has 1 aliphatic heterocycles. The van der Waals surface area contributed by atoms with Gasteiger partial charge < -0.3 is 34.6 Å². The highest BCUT2D eigenvalue weighted by Crippen LogP contribution is 2.45. The second-order valence-electron chi connectivity index (χ2n) is 7.38. The first-order valence-corrected chi connectivity index (χ1v) is 9.68. The molecule has 30 heavy (non-hydrogen) atoms. The van der Waals surface area contributed by atoms with E-state index in [1.54, 1.807) is 0 Å². The van der Waals surface area contributed by atoms with E-state index in [9.17, 15) is 14.7 Å². The van der Waals surface area contributed by atoms with Gasteiger partial charge in [0.2, 0.25) is 5.75 Å². The molecule has 0 radical (unpaired) electrons. The van der Waals surface area contributed by atoms with Crippen LogP contribution < -0.4 is 20.3 Å². The summed E-state index contributed by atoms with van der Waals surface area (Å²) in [5.74, 6) is -0.856. The fourth-order valence-corrected chi connectivity index (χ4v) is 3.92. The lowest BCUT2D eigenvalue weighted by Crippen LogP contribution is -2.18. The molecule has 1 atom stereocenters. The van der Waals surface area contributed by atoms with Gasteiger partial charge in [-0.25, -0.2) is 4.79 Å². The maximum absolute atomic E-state index is 12.5. The normalized spacial score (nSPS) is 15.2. The number of carboxylic acid groups (broad SMARTS) is 1. The number of hydrogen-bond acceptors (Lipinski definition) is 6. The molecule has 0 aliphatic carbocycles. The average Bonchev–Trinajstić information content (AvgIpc) is 2.93. The van der Waals surface area contributed by atoms with Crippen LogP contribution in [0.5, 0.6) is 17.2 Å². The van der Waals surface area contributed by atoms with Gasteiger partial charge in [-0.05, 0) is 18.7 Å². The van der Waals surface area contributed by atoms with E-state index >= 15 is 0 Å².